The first-order chi connectivity index (χ1) is 15.4. The summed E-state index contributed by atoms with van der Waals surface area (Å²) in [4.78, 5) is 8.22. The molecule has 32 heavy (non-hydrogen) atoms. The lowest BCUT2D eigenvalue weighted by molar-refractivity contribution is -0.0270. The Kier molecular flexibility index (Phi) is 5.20. The van der Waals surface area contributed by atoms with Crippen LogP contribution in [0.25, 0.3) is 10.8 Å². The highest BCUT2D eigenvalue weighted by Crippen LogP contribution is 2.35. The molecule has 0 saturated carbocycles. The molecule has 1 atom stereocenters. The molecule has 0 unspecified atom stereocenters. The Morgan fingerprint density at radius 1 is 1.16 bits per heavy atom. The molecule has 1 fully saturated rings. The van der Waals surface area contributed by atoms with Crippen LogP contribution in [0, 0.1) is 0 Å². The molecule has 2 aliphatic heterocycles. The largest absolute Gasteiger partial charge is 0.497 e. The number of fused-ring (bicyclic) bond motifs is 1. The Balaban J connectivity index is 1.34. The third-order valence-electron chi connectivity index (χ3n) is 5.91. The molecule has 2 aromatic heterocycles. The SMILES string of the molecule is COc1ccc(CN2CCn3c(-c4nc(N5CC(F)(F)C5)ns4)nnc3[C@H]2C)c(OC)c1. The van der Waals surface area contributed by atoms with Gasteiger partial charge in [0, 0.05) is 31.3 Å². The van der Waals surface area contributed by atoms with Crippen LogP contribution in [0.1, 0.15) is 24.4 Å². The van der Waals surface area contributed by atoms with Crippen molar-refractivity contribution in [2.45, 2.75) is 32.0 Å². The number of hydrogen-bond donors (Lipinski definition) is 0. The van der Waals surface area contributed by atoms with E-state index in [1.54, 1.807) is 14.2 Å². The lowest BCUT2D eigenvalue weighted by Gasteiger charge is -2.37. The minimum absolute atomic E-state index is 0.0262. The van der Waals surface area contributed by atoms with Crippen molar-refractivity contribution >= 4 is 17.5 Å². The van der Waals surface area contributed by atoms with Crippen LogP contribution in [0.15, 0.2) is 18.2 Å². The summed E-state index contributed by atoms with van der Waals surface area (Å²) in [6.45, 7) is 3.58. The van der Waals surface area contributed by atoms with E-state index in [0.717, 1.165) is 41.0 Å². The predicted octanol–water partition coefficient (Wildman–Crippen LogP) is 2.85. The summed E-state index contributed by atoms with van der Waals surface area (Å²) in [5.41, 5.74) is 1.06. The first kappa shape index (κ1) is 21.0. The normalized spacial score (nSPS) is 20.0. The standard InChI is InChI=1S/C20H23F2N7O2S/c1-12-16-24-25-17(18-23-19(26-32-18)28-10-20(21,22)11-28)29(16)7-6-27(12)9-13-4-5-14(30-2)8-15(13)31-3/h4-5,8,12H,6-7,9-11H2,1-3H3/t12-/m1/s1. The number of alkyl halides is 2. The monoisotopic (exact) mass is 463 g/mol. The fourth-order valence-corrected chi connectivity index (χ4v) is 4.77. The number of ether oxygens (including phenoxy) is 2. The van der Waals surface area contributed by atoms with Crippen molar-refractivity contribution in [1.82, 2.24) is 29.0 Å². The van der Waals surface area contributed by atoms with Gasteiger partial charge in [-0.15, -0.1) is 10.2 Å². The molecule has 170 valence electrons. The average molecular weight is 464 g/mol. The second-order valence-electron chi connectivity index (χ2n) is 7.97. The highest BCUT2D eigenvalue weighted by Gasteiger charge is 2.45. The van der Waals surface area contributed by atoms with Gasteiger partial charge >= 0.3 is 0 Å². The van der Waals surface area contributed by atoms with Crippen molar-refractivity contribution in [3.8, 4) is 22.3 Å². The molecule has 5 rings (SSSR count). The molecule has 4 heterocycles. The van der Waals surface area contributed by atoms with E-state index in [1.165, 1.54) is 4.90 Å². The van der Waals surface area contributed by atoms with Crippen LogP contribution in [-0.2, 0) is 13.1 Å². The first-order valence-electron chi connectivity index (χ1n) is 10.2. The molecule has 0 radical (unpaired) electrons. The maximum Gasteiger partial charge on any atom is 0.282 e. The van der Waals surface area contributed by atoms with E-state index in [4.69, 9.17) is 9.47 Å². The van der Waals surface area contributed by atoms with Gasteiger partial charge in [0.15, 0.2) is 16.7 Å². The van der Waals surface area contributed by atoms with Crippen molar-refractivity contribution in [2.24, 2.45) is 0 Å². The summed E-state index contributed by atoms with van der Waals surface area (Å²) in [5, 5.41) is 9.35. The maximum absolute atomic E-state index is 13.2. The fraction of sp³-hybridized carbons (Fsp3) is 0.500. The Morgan fingerprint density at radius 2 is 1.97 bits per heavy atom. The minimum atomic E-state index is -2.66. The van der Waals surface area contributed by atoms with Crippen LogP contribution in [0.2, 0.25) is 0 Å². The highest BCUT2D eigenvalue weighted by molar-refractivity contribution is 7.09. The van der Waals surface area contributed by atoms with Crippen LogP contribution >= 0.6 is 11.5 Å². The summed E-state index contributed by atoms with van der Waals surface area (Å²) in [5.74, 6) is 0.661. The first-order valence-corrected chi connectivity index (χ1v) is 11.0. The van der Waals surface area contributed by atoms with E-state index >= 15 is 0 Å². The highest BCUT2D eigenvalue weighted by atomic mass is 32.1. The van der Waals surface area contributed by atoms with E-state index in [1.807, 2.05) is 22.8 Å². The van der Waals surface area contributed by atoms with Crippen molar-refractivity contribution in [3.63, 3.8) is 0 Å². The van der Waals surface area contributed by atoms with E-state index < -0.39 is 5.92 Å². The van der Waals surface area contributed by atoms with Gasteiger partial charge in [0.05, 0.1) is 33.4 Å². The van der Waals surface area contributed by atoms with E-state index in [2.05, 4.69) is 31.4 Å². The molecule has 0 spiro atoms. The predicted molar refractivity (Wildman–Crippen MR) is 114 cm³/mol. The quantitative estimate of drug-likeness (QED) is 0.552. The lowest BCUT2D eigenvalue weighted by atomic mass is 10.1. The van der Waals surface area contributed by atoms with Crippen molar-refractivity contribution in [3.05, 3.63) is 29.6 Å². The zero-order valence-corrected chi connectivity index (χ0v) is 18.8. The van der Waals surface area contributed by atoms with Crippen LogP contribution in [0.3, 0.4) is 0 Å². The Hall–Kier alpha value is -2.86. The number of benzene rings is 1. The molecule has 0 bridgehead atoms. The summed E-state index contributed by atoms with van der Waals surface area (Å²) in [6.07, 6.45) is 0. The Bertz CT molecular complexity index is 1130. The molecule has 1 saturated heterocycles. The van der Waals surface area contributed by atoms with E-state index in [9.17, 15) is 8.78 Å². The molecule has 12 heteroatoms. The number of rotatable bonds is 6. The van der Waals surface area contributed by atoms with Gasteiger partial charge < -0.3 is 18.9 Å². The van der Waals surface area contributed by atoms with Gasteiger partial charge in [0.25, 0.3) is 5.92 Å². The number of hydrogen-bond acceptors (Lipinski definition) is 9. The van der Waals surface area contributed by atoms with E-state index in [0.29, 0.717) is 29.9 Å². The Morgan fingerprint density at radius 3 is 2.69 bits per heavy atom. The molecule has 9 nitrogen and oxygen atoms in total. The molecule has 0 aliphatic carbocycles. The number of nitrogens with zero attached hydrogens (tertiary/aromatic N) is 7. The topological polar surface area (TPSA) is 81.4 Å². The fourth-order valence-electron chi connectivity index (χ4n) is 4.09. The molecule has 3 aromatic rings. The molecule has 2 aliphatic rings. The number of methoxy groups -OCH3 is 2. The molecule has 0 amide bonds. The summed E-state index contributed by atoms with van der Waals surface area (Å²) in [7, 11) is 3.28. The van der Waals surface area contributed by atoms with Gasteiger partial charge in [-0.05, 0) is 24.5 Å². The zero-order chi connectivity index (χ0) is 22.5. The summed E-state index contributed by atoms with van der Waals surface area (Å²) in [6, 6.07) is 5.84. The smallest absolute Gasteiger partial charge is 0.282 e. The van der Waals surface area contributed by atoms with Crippen LogP contribution in [0.5, 0.6) is 11.5 Å². The van der Waals surface area contributed by atoms with Crippen molar-refractivity contribution in [1.29, 1.82) is 0 Å². The number of aromatic nitrogens is 5. The van der Waals surface area contributed by atoms with Crippen molar-refractivity contribution in [2.75, 3.05) is 38.8 Å². The van der Waals surface area contributed by atoms with Gasteiger partial charge in [-0.3, -0.25) is 4.90 Å². The second-order valence-corrected chi connectivity index (χ2v) is 8.72. The van der Waals surface area contributed by atoms with Gasteiger partial charge in [0.1, 0.15) is 11.5 Å². The average Bonchev–Trinajstić information content (AvgIpc) is 3.41. The third kappa shape index (κ3) is 3.66. The summed E-state index contributed by atoms with van der Waals surface area (Å²) < 4.78 is 43.4. The molecule has 1 aromatic carbocycles. The Labute approximate surface area is 187 Å². The van der Waals surface area contributed by atoms with Gasteiger partial charge in [-0.1, -0.05) is 6.07 Å². The van der Waals surface area contributed by atoms with Crippen LogP contribution in [-0.4, -0.2) is 68.8 Å². The third-order valence-corrected chi connectivity index (χ3v) is 6.61. The molecular weight excluding hydrogens is 440 g/mol. The maximum atomic E-state index is 13.2. The molecular formula is C20H23F2N7O2S. The second kappa shape index (κ2) is 7.93. The lowest BCUT2D eigenvalue weighted by Crippen LogP contribution is -2.56. The van der Waals surface area contributed by atoms with Crippen LogP contribution < -0.4 is 14.4 Å². The van der Waals surface area contributed by atoms with Gasteiger partial charge in [-0.25, -0.2) is 8.78 Å². The molecule has 0 N–H and O–H groups in total. The van der Waals surface area contributed by atoms with Crippen molar-refractivity contribution < 1.29 is 18.3 Å². The number of anilines is 1. The number of halogens is 2. The summed E-state index contributed by atoms with van der Waals surface area (Å²) >= 11 is 1.16. The van der Waals surface area contributed by atoms with Crippen LogP contribution in [0.4, 0.5) is 14.7 Å². The van der Waals surface area contributed by atoms with E-state index in [-0.39, 0.29) is 19.1 Å². The van der Waals surface area contributed by atoms with Gasteiger partial charge in [-0.2, -0.15) is 9.36 Å². The zero-order valence-electron chi connectivity index (χ0n) is 18.0. The van der Waals surface area contributed by atoms with Gasteiger partial charge in [0.2, 0.25) is 5.95 Å². The minimum Gasteiger partial charge on any atom is -0.497 e.